The lowest BCUT2D eigenvalue weighted by molar-refractivity contribution is -0.140. The first-order valence-corrected chi connectivity index (χ1v) is 5.48. The van der Waals surface area contributed by atoms with Gasteiger partial charge in [0.1, 0.15) is 6.04 Å². The van der Waals surface area contributed by atoms with E-state index in [4.69, 9.17) is 5.11 Å². The predicted octanol–water partition coefficient (Wildman–Crippen LogP) is 2.02. The molecule has 0 aromatic rings. The first kappa shape index (κ1) is 11.5. The molecule has 0 amide bonds. The van der Waals surface area contributed by atoms with E-state index in [1.54, 1.807) is 0 Å². The van der Waals surface area contributed by atoms with E-state index in [0.29, 0.717) is 12.3 Å². The van der Waals surface area contributed by atoms with Crippen LogP contribution in [0.15, 0.2) is 0 Å². The van der Waals surface area contributed by atoms with Crippen LogP contribution in [-0.4, -0.2) is 22.7 Å². The second-order valence-corrected chi connectivity index (χ2v) is 4.82. The van der Waals surface area contributed by atoms with Gasteiger partial charge < -0.3 is 5.11 Å². The fourth-order valence-electron chi connectivity index (χ4n) is 1.92. The fourth-order valence-corrected chi connectivity index (χ4v) is 1.92. The van der Waals surface area contributed by atoms with Gasteiger partial charge in [-0.05, 0) is 39.0 Å². The zero-order valence-corrected chi connectivity index (χ0v) is 9.34. The Kier molecular flexibility index (Phi) is 3.53. The van der Waals surface area contributed by atoms with Crippen LogP contribution in [0.5, 0.6) is 0 Å². The number of carbonyl (C=O) groups is 1. The topological polar surface area (TPSA) is 49.3 Å². The van der Waals surface area contributed by atoms with Gasteiger partial charge in [0.15, 0.2) is 0 Å². The smallest absolute Gasteiger partial charge is 0.320 e. The lowest BCUT2D eigenvalue weighted by Crippen LogP contribution is -2.50. The lowest BCUT2D eigenvalue weighted by Gasteiger charge is -2.30. The summed E-state index contributed by atoms with van der Waals surface area (Å²) in [5.74, 6) is -0.0539. The molecule has 1 saturated carbocycles. The highest BCUT2D eigenvalue weighted by molar-refractivity contribution is 5.73. The van der Waals surface area contributed by atoms with Crippen molar-refractivity contribution in [3.8, 4) is 0 Å². The Morgan fingerprint density at radius 2 is 2.14 bits per heavy atom. The van der Waals surface area contributed by atoms with Crippen molar-refractivity contribution in [2.24, 2.45) is 5.92 Å². The summed E-state index contributed by atoms with van der Waals surface area (Å²) in [5.41, 5.74) is -0.0156. The second kappa shape index (κ2) is 4.30. The summed E-state index contributed by atoms with van der Waals surface area (Å²) >= 11 is 0. The average Bonchev–Trinajstić information content (AvgIpc) is 2.84. The number of aliphatic carboxylic acids is 1. The molecule has 82 valence electrons. The highest BCUT2D eigenvalue weighted by Crippen LogP contribution is 2.39. The minimum Gasteiger partial charge on any atom is -0.480 e. The average molecular weight is 199 g/mol. The van der Waals surface area contributed by atoms with Crippen LogP contribution in [0.2, 0.25) is 0 Å². The monoisotopic (exact) mass is 199 g/mol. The van der Waals surface area contributed by atoms with E-state index in [0.717, 1.165) is 6.42 Å². The zero-order chi connectivity index (χ0) is 10.8. The van der Waals surface area contributed by atoms with Gasteiger partial charge >= 0.3 is 5.97 Å². The standard InChI is InChI=1S/C11H21NO2/c1-4-5-9(10(13)14)12-11(2,3)8-6-7-8/h8-9,12H,4-7H2,1-3H3,(H,13,14). The van der Waals surface area contributed by atoms with Crippen LogP contribution >= 0.6 is 0 Å². The summed E-state index contributed by atoms with van der Waals surface area (Å²) in [4.78, 5) is 10.9. The summed E-state index contributed by atoms with van der Waals surface area (Å²) in [7, 11) is 0. The van der Waals surface area contributed by atoms with Crippen molar-refractivity contribution in [2.75, 3.05) is 0 Å². The van der Waals surface area contributed by atoms with Crippen molar-refractivity contribution in [3.63, 3.8) is 0 Å². The van der Waals surface area contributed by atoms with Gasteiger partial charge in [-0.3, -0.25) is 10.1 Å². The first-order valence-electron chi connectivity index (χ1n) is 5.48. The normalized spacial score (nSPS) is 19.4. The van der Waals surface area contributed by atoms with Crippen LogP contribution in [0, 0.1) is 5.92 Å². The van der Waals surface area contributed by atoms with Crippen LogP contribution in [0.4, 0.5) is 0 Å². The first-order chi connectivity index (χ1) is 6.47. The molecule has 0 bridgehead atoms. The lowest BCUT2D eigenvalue weighted by atomic mass is 9.96. The minimum atomic E-state index is -0.722. The molecule has 1 aliphatic carbocycles. The molecular formula is C11H21NO2. The van der Waals surface area contributed by atoms with Gasteiger partial charge in [-0.25, -0.2) is 0 Å². The summed E-state index contributed by atoms with van der Waals surface area (Å²) in [6.45, 7) is 6.23. The quantitative estimate of drug-likeness (QED) is 0.688. The molecule has 0 aromatic carbocycles. The SMILES string of the molecule is CCCC(NC(C)(C)C1CC1)C(=O)O. The molecule has 3 heteroatoms. The highest BCUT2D eigenvalue weighted by atomic mass is 16.4. The molecule has 0 spiro atoms. The van der Waals surface area contributed by atoms with Gasteiger partial charge in [-0.15, -0.1) is 0 Å². The second-order valence-electron chi connectivity index (χ2n) is 4.82. The Labute approximate surface area is 85.9 Å². The number of rotatable bonds is 6. The Bertz CT molecular complexity index is 209. The van der Waals surface area contributed by atoms with Crippen LogP contribution in [0.1, 0.15) is 46.5 Å². The molecule has 1 fully saturated rings. The summed E-state index contributed by atoms with van der Waals surface area (Å²) in [5, 5.41) is 12.3. The van der Waals surface area contributed by atoms with E-state index in [1.165, 1.54) is 12.8 Å². The van der Waals surface area contributed by atoms with E-state index in [9.17, 15) is 4.79 Å². The predicted molar refractivity (Wildman–Crippen MR) is 56.3 cm³/mol. The van der Waals surface area contributed by atoms with E-state index in [2.05, 4.69) is 19.2 Å². The third kappa shape index (κ3) is 2.98. The number of hydrogen-bond donors (Lipinski definition) is 2. The van der Waals surface area contributed by atoms with Gasteiger partial charge in [0.05, 0.1) is 0 Å². The molecule has 0 radical (unpaired) electrons. The van der Waals surface area contributed by atoms with E-state index in [1.807, 2.05) is 6.92 Å². The van der Waals surface area contributed by atoms with Gasteiger partial charge in [-0.1, -0.05) is 13.3 Å². The molecule has 3 nitrogen and oxygen atoms in total. The molecule has 1 atom stereocenters. The molecule has 1 aliphatic rings. The molecule has 1 unspecified atom stereocenters. The van der Waals surface area contributed by atoms with Crippen molar-refractivity contribution < 1.29 is 9.90 Å². The van der Waals surface area contributed by atoms with Crippen molar-refractivity contribution in [2.45, 2.75) is 58.0 Å². The Balaban J connectivity index is 2.48. The molecule has 0 heterocycles. The summed E-state index contributed by atoms with van der Waals surface area (Å²) in [6.07, 6.45) is 4.09. The minimum absolute atomic E-state index is 0.0156. The molecule has 2 N–H and O–H groups in total. The zero-order valence-electron chi connectivity index (χ0n) is 9.34. The molecule has 0 saturated heterocycles. The third-order valence-electron chi connectivity index (χ3n) is 3.02. The van der Waals surface area contributed by atoms with E-state index in [-0.39, 0.29) is 11.6 Å². The van der Waals surface area contributed by atoms with Crippen LogP contribution < -0.4 is 5.32 Å². The maximum Gasteiger partial charge on any atom is 0.320 e. The van der Waals surface area contributed by atoms with Crippen molar-refractivity contribution >= 4 is 5.97 Å². The maximum atomic E-state index is 10.9. The van der Waals surface area contributed by atoms with Crippen molar-refractivity contribution in [1.29, 1.82) is 0 Å². The van der Waals surface area contributed by atoms with Crippen LogP contribution in [0.25, 0.3) is 0 Å². The van der Waals surface area contributed by atoms with Gasteiger partial charge in [0.25, 0.3) is 0 Å². The molecular weight excluding hydrogens is 178 g/mol. The summed E-state index contributed by atoms with van der Waals surface area (Å²) < 4.78 is 0. The van der Waals surface area contributed by atoms with Crippen molar-refractivity contribution in [3.05, 3.63) is 0 Å². The van der Waals surface area contributed by atoms with Gasteiger partial charge in [0, 0.05) is 5.54 Å². The number of nitrogens with one attached hydrogen (secondary N) is 1. The van der Waals surface area contributed by atoms with E-state index < -0.39 is 5.97 Å². The molecule has 0 aliphatic heterocycles. The van der Waals surface area contributed by atoms with Crippen molar-refractivity contribution in [1.82, 2.24) is 5.32 Å². The molecule has 0 aromatic heterocycles. The molecule has 14 heavy (non-hydrogen) atoms. The largest absolute Gasteiger partial charge is 0.480 e. The summed E-state index contributed by atoms with van der Waals surface area (Å²) in [6, 6.07) is -0.379. The Hall–Kier alpha value is -0.570. The Morgan fingerprint density at radius 1 is 1.57 bits per heavy atom. The Morgan fingerprint density at radius 3 is 2.50 bits per heavy atom. The molecule has 1 rings (SSSR count). The van der Waals surface area contributed by atoms with Crippen LogP contribution in [0.3, 0.4) is 0 Å². The van der Waals surface area contributed by atoms with Gasteiger partial charge in [0.2, 0.25) is 0 Å². The van der Waals surface area contributed by atoms with E-state index >= 15 is 0 Å². The van der Waals surface area contributed by atoms with Gasteiger partial charge in [-0.2, -0.15) is 0 Å². The number of carboxylic acids is 1. The number of hydrogen-bond acceptors (Lipinski definition) is 2. The third-order valence-corrected chi connectivity index (χ3v) is 3.02. The number of carboxylic acid groups (broad SMARTS) is 1. The van der Waals surface area contributed by atoms with Crippen LogP contribution in [-0.2, 0) is 4.79 Å². The maximum absolute atomic E-state index is 10.9. The fraction of sp³-hybridized carbons (Fsp3) is 0.909. The highest BCUT2D eigenvalue weighted by Gasteiger charge is 2.39.